The molecule has 0 aliphatic rings. The van der Waals surface area contributed by atoms with Crippen molar-refractivity contribution in [3.63, 3.8) is 0 Å². The molecule has 0 spiro atoms. The van der Waals surface area contributed by atoms with Crippen LogP contribution in [0.4, 0.5) is 0 Å². The molecule has 0 atom stereocenters. The highest BCUT2D eigenvalue weighted by atomic mass is 32.2. The van der Waals surface area contributed by atoms with Gasteiger partial charge in [-0.05, 0) is 49.9 Å². The number of hydrogen-bond donors (Lipinski definition) is 2. The van der Waals surface area contributed by atoms with Crippen LogP contribution in [0.25, 0.3) is 0 Å². The monoisotopic (exact) mass is 307 g/mol. The Balaban J connectivity index is 2.01. The molecule has 1 aromatic heterocycles. The number of rotatable bonds is 6. The SMILES string of the molecule is CCc1ccc(S(=O)(=O)NCCc2c(C)n[nH]c2C)cc1. The summed E-state index contributed by atoms with van der Waals surface area (Å²) < 4.78 is 27.0. The number of nitrogens with zero attached hydrogens (tertiary/aromatic N) is 1. The van der Waals surface area contributed by atoms with Gasteiger partial charge in [-0.3, -0.25) is 5.10 Å². The quantitative estimate of drug-likeness (QED) is 0.858. The van der Waals surface area contributed by atoms with Crippen LogP contribution < -0.4 is 4.72 Å². The number of aromatic nitrogens is 2. The van der Waals surface area contributed by atoms with E-state index in [0.29, 0.717) is 17.9 Å². The minimum atomic E-state index is -3.44. The molecule has 0 bridgehead atoms. The fraction of sp³-hybridized carbons (Fsp3) is 0.400. The molecule has 0 fully saturated rings. The fourth-order valence-corrected chi connectivity index (χ4v) is 3.27. The molecule has 0 unspecified atom stereocenters. The Bertz CT molecular complexity index is 684. The highest BCUT2D eigenvalue weighted by molar-refractivity contribution is 7.89. The molecule has 21 heavy (non-hydrogen) atoms. The van der Waals surface area contributed by atoms with E-state index in [1.54, 1.807) is 12.1 Å². The lowest BCUT2D eigenvalue weighted by Crippen LogP contribution is -2.26. The smallest absolute Gasteiger partial charge is 0.240 e. The van der Waals surface area contributed by atoms with Crippen molar-refractivity contribution in [1.82, 2.24) is 14.9 Å². The third-order valence-corrected chi connectivity index (χ3v) is 5.07. The molecule has 0 amide bonds. The Morgan fingerprint density at radius 2 is 1.86 bits per heavy atom. The predicted molar refractivity (Wildman–Crippen MR) is 82.8 cm³/mol. The predicted octanol–water partition coefficient (Wildman–Crippen LogP) is 2.11. The molecule has 0 saturated heterocycles. The Hall–Kier alpha value is -1.66. The van der Waals surface area contributed by atoms with Gasteiger partial charge in [0.25, 0.3) is 0 Å². The minimum absolute atomic E-state index is 0.306. The van der Waals surface area contributed by atoms with Gasteiger partial charge in [-0.2, -0.15) is 5.10 Å². The van der Waals surface area contributed by atoms with Crippen LogP contribution in [0.1, 0.15) is 29.4 Å². The molecule has 5 nitrogen and oxygen atoms in total. The zero-order valence-electron chi connectivity index (χ0n) is 12.6. The first-order valence-corrected chi connectivity index (χ1v) is 8.51. The Morgan fingerprint density at radius 1 is 1.19 bits per heavy atom. The van der Waals surface area contributed by atoms with Gasteiger partial charge < -0.3 is 0 Å². The van der Waals surface area contributed by atoms with E-state index in [-0.39, 0.29) is 0 Å². The highest BCUT2D eigenvalue weighted by Gasteiger charge is 2.14. The van der Waals surface area contributed by atoms with E-state index >= 15 is 0 Å². The molecule has 0 radical (unpaired) electrons. The maximum atomic E-state index is 12.2. The second-order valence-corrected chi connectivity index (χ2v) is 6.82. The normalized spacial score (nSPS) is 11.8. The summed E-state index contributed by atoms with van der Waals surface area (Å²) in [5, 5.41) is 7.01. The van der Waals surface area contributed by atoms with Crippen LogP contribution in [-0.2, 0) is 22.9 Å². The lowest BCUT2D eigenvalue weighted by Gasteiger charge is -2.07. The first-order chi connectivity index (χ1) is 9.94. The van der Waals surface area contributed by atoms with Crippen molar-refractivity contribution in [3.05, 3.63) is 46.8 Å². The van der Waals surface area contributed by atoms with Gasteiger partial charge in [-0.1, -0.05) is 19.1 Å². The number of benzene rings is 1. The summed E-state index contributed by atoms with van der Waals surface area (Å²) in [7, 11) is -3.44. The molecular weight excluding hydrogens is 286 g/mol. The van der Waals surface area contributed by atoms with Gasteiger partial charge in [0.15, 0.2) is 0 Å². The zero-order chi connectivity index (χ0) is 15.5. The lowest BCUT2D eigenvalue weighted by atomic mass is 10.1. The van der Waals surface area contributed by atoms with E-state index in [2.05, 4.69) is 14.9 Å². The standard InChI is InChI=1S/C15H21N3O2S/c1-4-13-5-7-14(8-6-13)21(19,20)16-10-9-15-11(2)17-18-12(15)3/h5-8,16H,4,9-10H2,1-3H3,(H,17,18). The summed E-state index contributed by atoms with van der Waals surface area (Å²) in [5.74, 6) is 0. The molecule has 114 valence electrons. The van der Waals surface area contributed by atoms with E-state index in [1.165, 1.54) is 0 Å². The number of aryl methyl sites for hydroxylation is 3. The van der Waals surface area contributed by atoms with Gasteiger partial charge in [-0.25, -0.2) is 13.1 Å². The van der Waals surface area contributed by atoms with Crippen LogP contribution in [0.2, 0.25) is 0 Å². The maximum absolute atomic E-state index is 12.2. The number of H-pyrrole nitrogens is 1. The third-order valence-electron chi connectivity index (χ3n) is 3.59. The van der Waals surface area contributed by atoms with Crippen molar-refractivity contribution < 1.29 is 8.42 Å². The van der Waals surface area contributed by atoms with Gasteiger partial charge in [0.05, 0.1) is 10.6 Å². The minimum Gasteiger partial charge on any atom is -0.282 e. The summed E-state index contributed by atoms with van der Waals surface area (Å²) in [5.41, 5.74) is 4.09. The van der Waals surface area contributed by atoms with Crippen LogP contribution in [0.15, 0.2) is 29.2 Å². The van der Waals surface area contributed by atoms with Crippen LogP contribution >= 0.6 is 0 Å². The van der Waals surface area contributed by atoms with Crippen LogP contribution in [0, 0.1) is 13.8 Å². The first kappa shape index (κ1) is 15.7. The van der Waals surface area contributed by atoms with Crippen LogP contribution in [0.3, 0.4) is 0 Å². The molecular formula is C15H21N3O2S. The summed E-state index contributed by atoms with van der Waals surface area (Å²) in [4.78, 5) is 0.306. The van der Waals surface area contributed by atoms with Crippen molar-refractivity contribution >= 4 is 10.0 Å². The lowest BCUT2D eigenvalue weighted by molar-refractivity contribution is 0.581. The Labute approximate surface area is 125 Å². The molecule has 2 rings (SSSR count). The van der Waals surface area contributed by atoms with Crippen molar-refractivity contribution in [2.24, 2.45) is 0 Å². The highest BCUT2D eigenvalue weighted by Crippen LogP contribution is 2.12. The first-order valence-electron chi connectivity index (χ1n) is 7.03. The van der Waals surface area contributed by atoms with Crippen molar-refractivity contribution in [3.8, 4) is 0 Å². The number of hydrogen-bond acceptors (Lipinski definition) is 3. The Kier molecular flexibility index (Phi) is 4.80. The van der Waals surface area contributed by atoms with E-state index in [0.717, 1.165) is 28.9 Å². The molecule has 0 aliphatic heterocycles. The molecule has 0 aliphatic carbocycles. The Morgan fingerprint density at radius 3 is 2.38 bits per heavy atom. The average molecular weight is 307 g/mol. The number of nitrogens with one attached hydrogen (secondary N) is 2. The summed E-state index contributed by atoms with van der Waals surface area (Å²) in [6, 6.07) is 6.99. The van der Waals surface area contributed by atoms with E-state index in [9.17, 15) is 8.42 Å². The number of sulfonamides is 1. The maximum Gasteiger partial charge on any atom is 0.240 e. The van der Waals surface area contributed by atoms with E-state index in [4.69, 9.17) is 0 Å². The average Bonchev–Trinajstić information content (AvgIpc) is 2.79. The van der Waals surface area contributed by atoms with Gasteiger partial charge >= 0.3 is 0 Å². The topological polar surface area (TPSA) is 74.8 Å². The van der Waals surface area contributed by atoms with Gasteiger partial charge in [-0.15, -0.1) is 0 Å². The fourth-order valence-electron chi connectivity index (χ4n) is 2.24. The van der Waals surface area contributed by atoms with Crippen molar-refractivity contribution in [2.45, 2.75) is 38.5 Å². The second kappa shape index (κ2) is 6.41. The van der Waals surface area contributed by atoms with E-state index < -0.39 is 10.0 Å². The molecule has 1 aromatic carbocycles. The molecule has 2 aromatic rings. The van der Waals surface area contributed by atoms with Gasteiger partial charge in [0.1, 0.15) is 0 Å². The van der Waals surface area contributed by atoms with Crippen LogP contribution in [-0.4, -0.2) is 25.2 Å². The molecule has 1 heterocycles. The molecule has 2 N–H and O–H groups in total. The molecule has 0 saturated carbocycles. The third kappa shape index (κ3) is 3.71. The van der Waals surface area contributed by atoms with Crippen molar-refractivity contribution in [1.29, 1.82) is 0 Å². The van der Waals surface area contributed by atoms with E-state index in [1.807, 2.05) is 32.9 Å². The summed E-state index contributed by atoms with van der Waals surface area (Å²) >= 11 is 0. The summed E-state index contributed by atoms with van der Waals surface area (Å²) in [6.45, 7) is 6.25. The number of aromatic amines is 1. The van der Waals surface area contributed by atoms with Gasteiger partial charge in [0.2, 0.25) is 10.0 Å². The van der Waals surface area contributed by atoms with Crippen LogP contribution in [0.5, 0.6) is 0 Å². The molecule has 6 heteroatoms. The summed E-state index contributed by atoms with van der Waals surface area (Å²) in [6.07, 6.45) is 1.52. The zero-order valence-corrected chi connectivity index (χ0v) is 13.4. The van der Waals surface area contributed by atoms with Gasteiger partial charge in [0, 0.05) is 12.2 Å². The largest absolute Gasteiger partial charge is 0.282 e. The van der Waals surface area contributed by atoms with Crippen molar-refractivity contribution in [2.75, 3.05) is 6.54 Å². The second-order valence-electron chi connectivity index (χ2n) is 5.06.